The fourth-order valence-corrected chi connectivity index (χ4v) is 15.6. The third kappa shape index (κ3) is 13.7. The fraction of sp³-hybridized carbons (Fsp3) is 0.514. The Morgan fingerprint density at radius 1 is 0.391 bits per heavy atom. The SMILES string of the molecule is CN(CC(O)CO)C(=O)c1c(I)c(C(=O)N(C)CC(O)CO)c(I)c(N(C)C(=O)C(O)C(=O)N(C)c2c(I)c(C(=O)N(C)CC(O)CO)c(I)c(C(=O)N(C)CC(O)CO)c2I)c1I. The van der Waals surface area contributed by atoms with Crippen molar-refractivity contribution in [2.45, 2.75) is 30.5 Å². The van der Waals surface area contributed by atoms with E-state index in [-0.39, 0.29) is 81.2 Å². The molecule has 0 aliphatic carbocycles. The van der Waals surface area contributed by atoms with Gasteiger partial charge in [0.15, 0.2) is 0 Å². The van der Waals surface area contributed by atoms with Gasteiger partial charge in [0.1, 0.15) is 0 Å². The first-order valence-electron chi connectivity index (χ1n) is 18.5. The summed E-state index contributed by atoms with van der Waals surface area (Å²) in [4.78, 5) is 90.8. The van der Waals surface area contributed by atoms with Crippen molar-refractivity contribution < 1.29 is 74.7 Å². The molecule has 0 fully saturated rings. The molecule has 0 heterocycles. The van der Waals surface area contributed by atoms with E-state index in [9.17, 15) is 74.7 Å². The van der Waals surface area contributed by atoms with Crippen molar-refractivity contribution in [2.75, 3.05) is 105 Å². The summed E-state index contributed by atoms with van der Waals surface area (Å²) in [6.07, 6.45) is -7.82. The van der Waals surface area contributed by atoms with Crippen LogP contribution in [0.3, 0.4) is 0 Å². The topological polar surface area (TPSA) is 304 Å². The molecule has 27 heteroatoms. The predicted molar refractivity (Wildman–Crippen MR) is 282 cm³/mol. The minimum absolute atomic E-state index is 0.0825. The Bertz CT molecular complexity index is 1850. The molecule has 0 aromatic heterocycles. The molecule has 0 saturated heterocycles. The number of aliphatic hydroxyl groups is 9. The quantitative estimate of drug-likeness (QED) is 0.0568. The molecule has 0 aliphatic rings. The Balaban J connectivity index is 2.90. The van der Waals surface area contributed by atoms with E-state index < -0.39 is 92.4 Å². The monoisotopic (exact) mass is 1580 g/mol. The summed E-state index contributed by atoms with van der Waals surface area (Å²) >= 11 is 10.6. The first kappa shape index (κ1) is 59.4. The maximum atomic E-state index is 14.3. The van der Waals surface area contributed by atoms with Crippen LogP contribution >= 0.6 is 136 Å². The van der Waals surface area contributed by atoms with Crippen molar-refractivity contribution >= 4 is 182 Å². The summed E-state index contributed by atoms with van der Waals surface area (Å²) in [6, 6.07) is 0. The Morgan fingerprint density at radius 2 is 0.578 bits per heavy atom. The molecule has 64 heavy (non-hydrogen) atoms. The van der Waals surface area contributed by atoms with Crippen LogP contribution < -0.4 is 9.80 Å². The third-order valence-electron chi connectivity index (χ3n) is 9.41. The van der Waals surface area contributed by atoms with E-state index in [2.05, 4.69) is 0 Å². The minimum Gasteiger partial charge on any atom is -0.394 e. The molecule has 358 valence electrons. The van der Waals surface area contributed by atoms with Gasteiger partial charge in [-0.3, -0.25) is 28.8 Å². The van der Waals surface area contributed by atoms with Crippen LogP contribution in [-0.2, 0) is 9.59 Å². The van der Waals surface area contributed by atoms with Crippen LogP contribution in [-0.4, -0.2) is 226 Å². The van der Waals surface area contributed by atoms with Gasteiger partial charge in [-0.1, -0.05) is 0 Å². The molecule has 0 aliphatic heterocycles. The van der Waals surface area contributed by atoms with Gasteiger partial charge < -0.3 is 75.4 Å². The summed E-state index contributed by atoms with van der Waals surface area (Å²) in [5.74, 6) is -5.47. The van der Waals surface area contributed by atoms with Gasteiger partial charge in [-0.05, 0) is 136 Å². The first-order chi connectivity index (χ1) is 29.7. The van der Waals surface area contributed by atoms with Crippen LogP contribution in [0, 0.1) is 21.4 Å². The first-order valence-corrected chi connectivity index (χ1v) is 25.0. The molecule has 2 aromatic rings. The number of rotatable bonds is 20. The number of hydrogen-bond acceptors (Lipinski definition) is 15. The van der Waals surface area contributed by atoms with E-state index in [1.54, 1.807) is 136 Å². The van der Waals surface area contributed by atoms with Gasteiger partial charge in [0.05, 0.1) is 98.8 Å². The number of amides is 6. The average molecular weight is 1580 g/mol. The van der Waals surface area contributed by atoms with Gasteiger partial charge in [-0.15, -0.1) is 0 Å². The van der Waals surface area contributed by atoms with Gasteiger partial charge in [-0.2, -0.15) is 0 Å². The molecule has 4 unspecified atom stereocenters. The van der Waals surface area contributed by atoms with Crippen molar-refractivity contribution in [2.24, 2.45) is 0 Å². The predicted octanol–water partition coefficient (Wildman–Crippen LogP) is -0.998. The van der Waals surface area contributed by atoms with Crippen molar-refractivity contribution in [1.82, 2.24) is 19.6 Å². The van der Waals surface area contributed by atoms with Gasteiger partial charge in [0, 0.05) is 75.6 Å². The highest BCUT2D eigenvalue weighted by molar-refractivity contribution is 14.1. The van der Waals surface area contributed by atoms with Crippen molar-refractivity contribution in [3.63, 3.8) is 0 Å². The molecule has 2 rings (SSSR count). The van der Waals surface area contributed by atoms with Crippen LogP contribution in [0.1, 0.15) is 41.4 Å². The number of benzene rings is 2. The maximum Gasteiger partial charge on any atom is 0.265 e. The smallest absolute Gasteiger partial charge is 0.265 e. The number of aliphatic hydroxyl groups excluding tert-OH is 9. The van der Waals surface area contributed by atoms with Gasteiger partial charge in [-0.25, -0.2) is 0 Å². The highest BCUT2D eigenvalue weighted by Gasteiger charge is 2.39. The standard InChI is InChI=1S/C37H48I6N6O15/c1-44(7-15(54)11-50)32(59)19-23(38)20(33(60)45(2)8-16(55)12-51)26(41)29(25(19)40)48(5)36(63)31(58)37(64)49(6)30-27(42)21(34(61)46(3)9-17(56)13-52)24(39)22(28(30)43)35(62)47(4)10-18(57)14-53/h15-18,31,50-58H,7-14H2,1-6H3. The second-order valence-electron chi connectivity index (χ2n) is 14.4. The van der Waals surface area contributed by atoms with E-state index in [0.29, 0.717) is 0 Å². The lowest BCUT2D eigenvalue weighted by Crippen LogP contribution is -2.48. The number of anilines is 2. The van der Waals surface area contributed by atoms with Crippen LogP contribution in [0.5, 0.6) is 0 Å². The number of carbonyl (C=O) groups excluding carboxylic acids is 6. The minimum atomic E-state index is -2.50. The van der Waals surface area contributed by atoms with Gasteiger partial charge >= 0.3 is 0 Å². The van der Waals surface area contributed by atoms with Crippen LogP contribution in [0.15, 0.2) is 0 Å². The fourth-order valence-electron chi connectivity index (χ4n) is 5.93. The molecule has 0 spiro atoms. The highest BCUT2D eigenvalue weighted by Crippen LogP contribution is 2.41. The van der Waals surface area contributed by atoms with Crippen molar-refractivity contribution in [3.8, 4) is 0 Å². The largest absolute Gasteiger partial charge is 0.394 e. The second kappa shape index (κ2) is 26.3. The molecular weight excluding hydrogens is 1530 g/mol. The Labute approximate surface area is 450 Å². The third-order valence-corrected chi connectivity index (χ3v) is 15.8. The zero-order valence-electron chi connectivity index (χ0n) is 35.0. The summed E-state index contributed by atoms with van der Waals surface area (Å²) < 4.78 is 0.533. The highest BCUT2D eigenvalue weighted by atomic mass is 127. The molecule has 4 atom stereocenters. The zero-order valence-corrected chi connectivity index (χ0v) is 47.9. The van der Waals surface area contributed by atoms with E-state index in [1.807, 2.05) is 0 Å². The number of carbonyl (C=O) groups is 6. The summed E-state index contributed by atoms with van der Waals surface area (Å²) in [5, 5.41) is 89.7. The molecule has 0 saturated carbocycles. The van der Waals surface area contributed by atoms with E-state index in [0.717, 1.165) is 29.4 Å². The molecule has 0 bridgehead atoms. The Kier molecular flexibility index (Phi) is 24.4. The molecule has 2 aromatic carbocycles. The van der Waals surface area contributed by atoms with E-state index in [4.69, 9.17) is 0 Å². The summed E-state index contributed by atoms with van der Waals surface area (Å²) in [7, 11) is 7.71. The average Bonchev–Trinajstić information content (AvgIpc) is 3.24. The molecule has 21 nitrogen and oxygen atoms in total. The summed E-state index contributed by atoms with van der Waals surface area (Å²) in [6.45, 7) is -4.01. The lowest BCUT2D eigenvalue weighted by Gasteiger charge is -2.31. The Morgan fingerprint density at radius 3 is 0.750 bits per heavy atom. The van der Waals surface area contributed by atoms with Crippen LogP contribution in [0.25, 0.3) is 0 Å². The van der Waals surface area contributed by atoms with Crippen LogP contribution in [0.2, 0.25) is 0 Å². The van der Waals surface area contributed by atoms with Crippen LogP contribution in [0.4, 0.5) is 11.4 Å². The summed E-state index contributed by atoms with van der Waals surface area (Å²) in [5.41, 5.74) is -0.669. The van der Waals surface area contributed by atoms with Gasteiger partial charge in [0.2, 0.25) is 6.10 Å². The number of halogens is 6. The second-order valence-corrected chi connectivity index (χ2v) is 20.8. The van der Waals surface area contributed by atoms with Crippen molar-refractivity contribution in [1.29, 1.82) is 0 Å². The van der Waals surface area contributed by atoms with Gasteiger partial charge in [0.25, 0.3) is 35.4 Å². The van der Waals surface area contributed by atoms with Crippen molar-refractivity contribution in [3.05, 3.63) is 43.7 Å². The molecule has 0 radical (unpaired) electrons. The number of hydrogen-bond donors (Lipinski definition) is 9. The van der Waals surface area contributed by atoms with E-state index in [1.165, 1.54) is 42.3 Å². The number of likely N-dealkylation sites (N-methyl/N-ethyl adjacent to an activating group) is 6. The van der Waals surface area contributed by atoms with E-state index >= 15 is 0 Å². The lowest BCUT2D eigenvalue weighted by molar-refractivity contribution is -0.137. The lowest BCUT2D eigenvalue weighted by atomic mass is 10.0. The molecular formula is C37H48I6N6O15. The molecule has 9 N–H and O–H groups in total. The maximum absolute atomic E-state index is 14.3. The zero-order chi connectivity index (χ0) is 49.4. The number of nitrogens with zero attached hydrogens (tertiary/aromatic N) is 6. The molecule has 6 amide bonds. The normalized spacial score (nSPS) is 13.6. The Hall–Kier alpha value is -0.720.